The maximum absolute atomic E-state index is 13.5. The molecule has 0 N–H and O–H groups in total. The van der Waals surface area contributed by atoms with Crippen LogP contribution >= 0.6 is 0 Å². The molecule has 0 atom stereocenters. The summed E-state index contributed by atoms with van der Waals surface area (Å²) in [5.74, 6) is -2.07. The number of hydrogen-bond acceptors (Lipinski definition) is 2. The molecular formula is C11H9F2NO2. The molecule has 0 spiro atoms. The fourth-order valence-corrected chi connectivity index (χ4v) is 1.65. The predicted molar refractivity (Wildman–Crippen MR) is 53.1 cm³/mol. The number of ketones is 1. The summed E-state index contributed by atoms with van der Waals surface area (Å²) in [6, 6.07) is 1.96. The fourth-order valence-electron chi connectivity index (χ4n) is 1.65. The Hall–Kier alpha value is -1.78. The largest absolute Gasteiger partial charge is 0.302 e. The molecular weight excluding hydrogens is 216 g/mol. The second kappa shape index (κ2) is 3.66. The number of Topliss-reactive ketones (excluding diaryl/α,β-unsaturated/α-hetero) is 1. The Kier molecular flexibility index (Phi) is 2.46. The van der Waals surface area contributed by atoms with Crippen molar-refractivity contribution in [3.8, 4) is 0 Å². The minimum Gasteiger partial charge on any atom is -0.302 e. The van der Waals surface area contributed by atoms with Crippen LogP contribution in [-0.2, 0) is 9.59 Å². The molecule has 1 heterocycles. The van der Waals surface area contributed by atoms with Gasteiger partial charge in [0.1, 0.15) is 11.6 Å². The predicted octanol–water partition coefficient (Wildman–Crippen LogP) is 1.58. The molecule has 0 unspecified atom stereocenters. The van der Waals surface area contributed by atoms with Gasteiger partial charge in [0.25, 0.3) is 0 Å². The van der Waals surface area contributed by atoms with Crippen molar-refractivity contribution in [2.75, 3.05) is 11.4 Å². The lowest BCUT2D eigenvalue weighted by Crippen LogP contribution is -2.25. The van der Waals surface area contributed by atoms with Gasteiger partial charge in [0.15, 0.2) is 5.78 Å². The van der Waals surface area contributed by atoms with Crippen molar-refractivity contribution in [3.05, 3.63) is 29.3 Å². The Morgan fingerprint density at radius 3 is 2.44 bits per heavy atom. The van der Waals surface area contributed by atoms with Gasteiger partial charge in [-0.25, -0.2) is 8.78 Å². The summed E-state index contributed by atoms with van der Waals surface area (Å²) in [7, 11) is 0. The quantitative estimate of drug-likeness (QED) is 0.680. The van der Waals surface area contributed by atoms with E-state index in [0.29, 0.717) is 0 Å². The minimum absolute atomic E-state index is 0.166. The highest BCUT2D eigenvalue weighted by molar-refractivity contribution is 6.15. The molecule has 5 heteroatoms. The number of anilines is 1. The molecule has 1 saturated heterocycles. The maximum Gasteiger partial charge on any atom is 0.235 e. The summed E-state index contributed by atoms with van der Waals surface area (Å²) in [6.45, 7) is 1.25. The van der Waals surface area contributed by atoms with E-state index in [1.807, 2.05) is 0 Å². The van der Waals surface area contributed by atoms with E-state index in [2.05, 4.69) is 0 Å². The van der Waals surface area contributed by atoms with Crippen LogP contribution in [0.5, 0.6) is 0 Å². The maximum atomic E-state index is 13.5. The lowest BCUT2D eigenvalue weighted by Gasteiger charge is -2.16. The van der Waals surface area contributed by atoms with Crippen LogP contribution in [0.2, 0.25) is 0 Å². The number of hydrogen-bond donors (Lipinski definition) is 0. The molecule has 1 aromatic rings. The van der Waals surface area contributed by atoms with E-state index in [4.69, 9.17) is 0 Å². The number of halogens is 2. The molecule has 1 aromatic carbocycles. The second-order valence-electron chi connectivity index (χ2n) is 3.75. The van der Waals surface area contributed by atoms with Crippen LogP contribution in [-0.4, -0.2) is 18.2 Å². The van der Waals surface area contributed by atoms with E-state index in [9.17, 15) is 18.4 Å². The Balaban J connectivity index is 2.45. The van der Waals surface area contributed by atoms with E-state index < -0.39 is 17.5 Å². The number of nitrogens with zero attached hydrogens (tertiary/aromatic N) is 1. The van der Waals surface area contributed by atoms with Crippen LogP contribution in [0.1, 0.15) is 12.0 Å². The van der Waals surface area contributed by atoms with E-state index >= 15 is 0 Å². The van der Waals surface area contributed by atoms with Crippen LogP contribution in [0, 0.1) is 18.6 Å². The third-order valence-corrected chi connectivity index (χ3v) is 2.50. The molecule has 1 aliphatic heterocycles. The van der Waals surface area contributed by atoms with Crippen molar-refractivity contribution in [2.45, 2.75) is 13.3 Å². The summed E-state index contributed by atoms with van der Waals surface area (Å²) < 4.78 is 26.8. The van der Waals surface area contributed by atoms with Crippen LogP contribution in [0.3, 0.4) is 0 Å². The second-order valence-corrected chi connectivity index (χ2v) is 3.75. The lowest BCUT2D eigenvalue weighted by atomic mass is 10.2. The number of aryl methyl sites for hydroxylation is 1. The summed E-state index contributed by atoms with van der Waals surface area (Å²) in [6.07, 6.45) is -0.241. The van der Waals surface area contributed by atoms with Gasteiger partial charge in [-0.15, -0.1) is 0 Å². The van der Waals surface area contributed by atoms with Gasteiger partial charge >= 0.3 is 0 Å². The van der Waals surface area contributed by atoms with Gasteiger partial charge in [0, 0.05) is 6.07 Å². The van der Waals surface area contributed by atoms with Gasteiger partial charge in [0.05, 0.1) is 18.7 Å². The van der Waals surface area contributed by atoms with Gasteiger partial charge in [-0.05, 0) is 18.6 Å². The molecule has 0 radical (unpaired) electrons. The van der Waals surface area contributed by atoms with Gasteiger partial charge in [-0.2, -0.15) is 0 Å². The van der Waals surface area contributed by atoms with Crippen molar-refractivity contribution in [1.29, 1.82) is 0 Å². The molecule has 84 valence electrons. The van der Waals surface area contributed by atoms with Gasteiger partial charge in [0.2, 0.25) is 5.91 Å². The number of benzene rings is 1. The first-order valence-electron chi connectivity index (χ1n) is 4.77. The van der Waals surface area contributed by atoms with E-state index in [1.165, 1.54) is 6.92 Å². The SMILES string of the molecule is Cc1cc(F)c(N2CC(=O)CC2=O)cc1F. The standard InChI is InChI=1S/C11H9F2NO2/c1-6-2-9(13)10(4-8(6)12)14-5-7(15)3-11(14)16/h2,4H,3,5H2,1H3. The van der Waals surface area contributed by atoms with E-state index in [0.717, 1.165) is 17.0 Å². The van der Waals surface area contributed by atoms with E-state index in [-0.39, 0.29) is 30.0 Å². The molecule has 0 aliphatic carbocycles. The molecule has 3 nitrogen and oxygen atoms in total. The number of carbonyl (C=O) groups is 2. The topological polar surface area (TPSA) is 37.4 Å². The number of rotatable bonds is 1. The third kappa shape index (κ3) is 1.68. The molecule has 0 saturated carbocycles. The van der Waals surface area contributed by atoms with Gasteiger partial charge in [-0.1, -0.05) is 0 Å². The Morgan fingerprint density at radius 2 is 1.88 bits per heavy atom. The van der Waals surface area contributed by atoms with Crippen molar-refractivity contribution in [1.82, 2.24) is 0 Å². The number of carbonyl (C=O) groups excluding carboxylic acids is 2. The lowest BCUT2D eigenvalue weighted by molar-refractivity contribution is -0.121. The highest BCUT2D eigenvalue weighted by Gasteiger charge is 2.30. The van der Waals surface area contributed by atoms with Crippen molar-refractivity contribution < 1.29 is 18.4 Å². The van der Waals surface area contributed by atoms with Gasteiger partial charge < -0.3 is 4.90 Å². The molecule has 1 amide bonds. The summed E-state index contributed by atoms with van der Waals surface area (Å²) in [4.78, 5) is 23.3. The summed E-state index contributed by atoms with van der Waals surface area (Å²) in [5, 5.41) is 0. The Labute approximate surface area is 90.7 Å². The zero-order valence-corrected chi connectivity index (χ0v) is 8.59. The Morgan fingerprint density at radius 1 is 1.19 bits per heavy atom. The molecule has 1 fully saturated rings. The van der Waals surface area contributed by atoms with Crippen LogP contribution in [0.15, 0.2) is 12.1 Å². The molecule has 16 heavy (non-hydrogen) atoms. The molecule has 0 bridgehead atoms. The van der Waals surface area contributed by atoms with Crippen molar-refractivity contribution in [3.63, 3.8) is 0 Å². The third-order valence-electron chi connectivity index (χ3n) is 2.50. The van der Waals surface area contributed by atoms with Gasteiger partial charge in [-0.3, -0.25) is 9.59 Å². The first-order valence-corrected chi connectivity index (χ1v) is 4.77. The monoisotopic (exact) mass is 225 g/mol. The summed E-state index contributed by atoms with van der Waals surface area (Å²) >= 11 is 0. The smallest absolute Gasteiger partial charge is 0.235 e. The number of amides is 1. The van der Waals surface area contributed by atoms with Crippen molar-refractivity contribution >= 4 is 17.4 Å². The van der Waals surface area contributed by atoms with E-state index in [1.54, 1.807) is 0 Å². The van der Waals surface area contributed by atoms with Crippen LogP contribution in [0.4, 0.5) is 14.5 Å². The van der Waals surface area contributed by atoms with Crippen LogP contribution in [0.25, 0.3) is 0 Å². The zero-order valence-electron chi connectivity index (χ0n) is 8.59. The highest BCUT2D eigenvalue weighted by Crippen LogP contribution is 2.25. The Bertz CT molecular complexity index is 485. The minimum atomic E-state index is -0.693. The zero-order chi connectivity index (χ0) is 11.9. The molecule has 1 aliphatic rings. The molecule has 2 rings (SSSR count). The normalized spacial score (nSPS) is 16.1. The summed E-state index contributed by atoms with van der Waals surface area (Å²) in [5.41, 5.74) is -0.00169. The average molecular weight is 225 g/mol. The fraction of sp³-hybridized carbons (Fsp3) is 0.273. The highest BCUT2D eigenvalue weighted by atomic mass is 19.1. The van der Waals surface area contributed by atoms with Crippen molar-refractivity contribution in [2.24, 2.45) is 0 Å². The first kappa shape index (κ1) is 10.7. The average Bonchev–Trinajstić information content (AvgIpc) is 2.51. The van der Waals surface area contributed by atoms with Crippen LogP contribution < -0.4 is 4.90 Å². The molecule has 0 aromatic heterocycles. The first-order chi connectivity index (χ1) is 7.49.